The molecule has 0 aliphatic rings. The monoisotopic (exact) mass is 383 g/mol. The molecule has 0 amide bonds. The van der Waals surface area contributed by atoms with Gasteiger partial charge in [-0.2, -0.15) is 0 Å². The highest BCUT2D eigenvalue weighted by atomic mass is 16.2. The van der Waals surface area contributed by atoms with Crippen molar-refractivity contribution in [1.29, 1.82) is 0 Å². The quantitative estimate of drug-likeness (QED) is 0.582. The molecule has 2 N–H and O–H groups in total. The number of hydrogen-bond donors (Lipinski definition) is 2. The molecule has 0 bridgehead atoms. The molecule has 3 rings (SSSR count). The summed E-state index contributed by atoms with van der Waals surface area (Å²) in [4.78, 5) is 43.5. The maximum atomic E-state index is 12.4. The Balaban J connectivity index is 2.05. The Kier molecular flexibility index (Phi) is 5.77. The molecule has 0 atom stereocenters. The number of hydrogen-bond acceptors (Lipinski definition) is 5. The third-order valence-electron chi connectivity index (χ3n) is 4.76. The second kappa shape index (κ2) is 8.24. The van der Waals surface area contributed by atoms with Crippen LogP contribution < -0.4 is 16.6 Å². The zero-order valence-corrected chi connectivity index (χ0v) is 16.4. The molecule has 1 aromatic carbocycles. The van der Waals surface area contributed by atoms with E-state index in [0.717, 1.165) is 12.8 Å². The summed E-state index contributed by atoms with van der Waals surface area (Å²) >= 11 is 0. The Morgan fingerprint density at radius 1 is 1.18 bits per heavy atom. The molecule has 2 aromatic heterocycles. The largest absolute Gasteiger partial charge is 0.377 e. The van der Waals surface area contributed by atoms with E-state index in [1.165, 1.54) is 11.5 Å². The second-order valence-corrected chi connectivity index (χ2v) is 6.66. The van der Waals surface area contributed by atoms with Crippen LogP contribution in [0.25, 0.3) is 11.2 Å². The van der Waals surface area contributed by atoms with Crippen molar-refractivity contribution in [3.05, 3.63) is 56.5 Å². The Morgan fingerprint density at radius 3 is 2.61 bits per heavy atom. The third-order valence-corrected chi connectivity index (χ3v) is 4.76. The van der Waals surface area contributed by atoms with Crippen LogP contribution in [-0.2, 0) is 19.6 Å². The van der Waals surface area contributed by atoms with Crippen molar-refractivity contribution in [1.82, 2.24) is 19.1 Å². The number of anilines is 1. The second-order valence-electron chi connectivity index (χ2n) is 6.66. The highest BCUT2D eigenvalue weighted by Gasteiger charge is 2.18. The third kappa shape index (κ3) is 3.62. The van der Waals surface area contributed by atoms with Crippen molar-refractivity contribution >= 4 is 22.6 Å². The van der Waals surface area contributed by atoms with Crippen LogP contribution in [0.5, 0.6) is 0 Å². The standard InChI is InChI=1S/C20H25N5O3/c1-4-6-11-25-18-17(19(27)23-20(25)28)24(5-2)16(22-18)12-21-15-10-8-7-9-14(15)13(3)26/h7-10,21H,4-6,11-12H2,1-3H3,(H,23,27,28). The number of aryl methyl sites for hydroxylation is 2. The van der Waals surface area contributed by atoms with E-state index < -0.39 is 11.2 Å². The summed E-state index contributed by atoms with van der Waals surface area (Å²) in [6.45, 7) is 6.86. The van der Waals surface area contributed by atoms with Gasteiger partial charge in [-0.3, -0.25) is 19.1 Å². The molecule has 148 valence electrons. The molecule has 0 unspecified atom stereocenters. The highest BCUT2D eigenvalue weighted by molar-refractivity contribution is 5.99. The number of nitrogens with one attached hydrogen (secondary N) is 2. The fourth-order valence-corrected chi connectivity index (χ4v) is 3.34. The lowest BCUT2D eigenvalue weighted by Gasteiger charge is -2.11. The van der Waals surface area contributed by atoms with E-state index >= 15 is 0 Å². The zero-order valence-electron chi connectivity index (χ0n) is 16.4. The van der Waals surface area contributed by atoms with Crippen molar-refractivity contribution in [3.8, 4) is 0 Å². The predicted molar refractivity (Wildman–Crippen MR) is 109 cm³/mol. The SMILES string of the molecule is CCCCn1c(=O)[nH]c(=O)c2c1nc(CNc1ccccc1C(C)=O)n2CC. The maximum absolute atomic E-state index is 12.4. The molecular formula is C20H25N5O3. The van der Waals surface area contributed by atoms with E-state index in [9.17, 15) is 14.4 Å². The molecule has 0 saturated heterocycles. The number of rotatable bonds is 8. The number of Topliss-reactive ketones (excluding diaryl/α,β-unsaturated/α-hetero) is 1. The van der Waals surface area contributed by atoms with Gasteiger partial charge in [-0.25, -0.2) is 9.78 Å². The molecule has 8 heteroatoms. The van der Waals surface area contributed by atoms with Crippen LogP contribution in [0.2, 0.25) is 0 Å². The van der Waals surface area contributed by atoms with Gasteiger partial charge in [0.05, 0.1) is 6.54 Å². The first-order chi connectivity index (χ1) is 13.5. The number of imidazole rings is 1. The summed E-state index contributed by atoms with van der Waals surface area (Å²) in [5.74, 6) is 0.606. The minimum atomic E-state index is -0.437. The number of benzene rings is 1. The van der Waals surface area contributed by atoms with Crippen LogP contribution in [0.15, 0.2) is 33.9 Å². The normalized spacial score (nSPS) is 11.1. The number of aromatic amines is 1. The fourth-order valence-electron chi connectivity index (χ4n) is 3.34. The summed E-state index contributed by atoms with van der Waals surface area (Å²) in [7, 11) is 0. The number of unbranched alkanes of at least 4 members (excludes halogenated alkanes) is 1. The fraction of sp³-hybridized carbons (Fsp3) is 0.400. The van der Waals surface area contributed by atoms with E-state index in [0.29, 0.717) is 47.9 Å². The molecule has 8 nitrogen and oxygen atoms in total. The lowest BCUT2D eigenvalue weighted by atomic mass is 10.1. The van der Waals surface area contributed by atoms with Gasteiger partial charge in [0.15, 0.2) is 16.9 Å². The number of carbonyl (C=O) groups excluding carboxylic acids is 1. The van der Waals surface area contributed by atoms with E-state index in [1.54, 1.807) is 10.6 Å². The minimum absolute atomic E-state index is 0.0306. The molecular weight excluding hydrogens is 358 g/mol. The van der Waals surface area contributed by atoms with Gasteiger partial charge in [0.2, 0.25) is 0 Å². The van der Waals surface area contributed by atoms with Gasteiger partial charge >= 0.3 is 5.69 Å². The Hall–Kier alpha value is -3.16. The van der Waals surface area contributed by atoms with Crippen molar-refractivity contribution in [3.63, 3.8) is 0 Å². The van der Waals surface area contributed by atoms with Crippen molar-refractivity contribution in [2.24, 2.45) is 0 Å². The molecule has 0 saturated carbocycles. The Bertz CT molecular complexity index is 1120. The number of aromatic nitrogens is 4. The Labute approximate surface area is 162 Å². The van der Waals surface area contributed by atoms with Crippen LogP contribution >= 0.6 is 0 Å². The smallest absolute Gasteiger partial charge is 0.330 e. The molecule has 28 heavy (non-hydrogen) atoms. The van der Waals surface area contributed by atoms with E-state index in [2.05, 4.69) is 15.3 Å². The van der Waals surface area contributed by atoms with Crippen LogP contribution in [0, 0.1) is 0 Å². The molecule has 0 fully saturated rings. The molecule has 2 heterocycles. The topological polar surface area (TPSA) is 102 Å². The van der Waals surface area contributed by atoms with Gasteiger partial charge in [-0.1, -0.05) is 25.5 Å². The van der Waals surface area contributed by atoms with Crippen LogP contribution in [0.3, 0.4) is 0 Å². The lowest BCUT2D eigenvalue weighted by molar-refractivity contribution is 0.101. The average molecular weight is 383 g/mol. The minimum Gasteiger partial charge on any atom is -0.377 e. The summed E-state index contributed by atoms with van der Waals surface area (Å²) < 4.78 is 3.33. The average Bonchev–Trinajstić information content (AvgIpc) is 3.05. The summed E-state index contributed by atoms with van der Waals surface area (Å²) in [5, 5.41) is 3.24. The number of nitrogens with zero attached hydrogens (tertiary/aromatic N) is 3. The summed E-state index contributed by atoms with van der Waals surface area (Å²) in [6, 6.07) is 7.26. The van der Waals surface area contributed by atoms with Crippen LogP contribution in [0.1, 0.15) is 49.8 Å². The highest BCUT2D eigenvalue weighted by Crippen LogP contribution is 2.18. The van der Waals surface area contributed by atoms with E-state index in [1.807, 2.05) is 32.0 Å². The number of carbonyl (C=O) groups is 1. The molecule has 0 aliphatic carbocycles. The van der Waals surface area contributed by atoms with E-state index in [-0.39, 0.29) is 5.78 Å². The lowest BCUT2D eigenvalue weighted by Crippen LogP contribution is -2.31. The Morgan fingerprint density at radius 2 is 1.93 bits per heavy atom. The van der Waals surface area contributed by atoms with Gasteiger partial charge in [0.25, 0.3) is 5.56 Å². The molecule has 0 aliphatic heterocycles. The van der Waals surface area contributed by atoms with Crippen LogP contribution in [-0.4, -0.2) is 24.9 Å². The van der Waals surface area contributed by atoms with E-state index in [4.69, 9.17) is 0 Å². The van der Waals surface area contributed by atoms with Crippen molar-refractivity contribution in [2.45, 2.75) is 53.2 Å². The number of fused-ring (bicyclic) bond motifs is 1. The van der Waals surface area contributed by atoms with Crippen LogP contribution in [0.4, 0.5) is 5.69 Å². The van der Waals surface area contributed by atoms with Gasteiger partial charge in [-0.15, -0.1) is 0 Å². The van der Waals surface area contributed by atoms with Gasteiger partial charge in [0, 0.05) is 24.3 Å². The maximum Gasteiger partial charge on any atom is 0.330 e. The first-order valence-corrected chi connectivity index (χ1v) is 9.54. The predicted octanol–water partition coefficient (Wildman–Crippen LogP) is 2.52. The van der Waals surface area contributed by atoms with Gasteiger partial charge in [-0.05, 0) is 32.4 Å². The first-order valence-electron chi connectivity index (χ1n) is 9.54. The summed E-state index contributed by atoms with van der Waals surface area (Å²) in [5.41, 5.74) is 1.24. The molecule has 0 spiro atoms. The van der Waals surface area contributed by atoms with Gasteiger partial charge in [0.1, 0.15) is 5.82 Å². The number of ketones is 1. The van der Waals surface area contributed by atoms with Crippen molar-refractivity contribution < 1.29 is 4.79 Å². The molecule has 3 aromatic rings. The van der Waals surface area contributed by atoms with Gasteiger partial charge < -0.3 is 9.88 Å². The van der Waals surface area contributed by atoms with Crippen molar-refractivity contribution in [2.75, 3.05) is 5.32 Å². The molecule has 0 radical (unpaired) electrons. The zero-order chi connectivity index (χ0) is 20.3. The number of H-pyrrole nitrogens is 1. The summed E-state index contributed by atoms with van der Waals surface area (Å²) in [6.07, 6.45) is 1.75. The number of para-hydroxylation sites is 1. The first kappa shape index (κ1) is 19.6.